The highest BCUT2D eigenvalue weighted by atomic mass is 16.3. The van der Waals surface area contributed by atoms with Gasteiger partial charge in [0.25, 0.3) is 0 Å². The molecule has 0 aliphatic carbocycles. The fraction of sp³-hybridized carbons (Fsp3) is 0.522. The Labute approximate surface area is 175 Å². The molecule has 1 atom stereocenters. The number of nitrogens with one attached hydrogen (secondary N) is 2. The molecule has 6 heteroatoms. The Morgan fingerprint density at radius 1 is 1.17 bits per heavy atom. The molecule has 1 aliphatic rings. The number of hydrogen-bond acceptors (Lipinski definition) is 4. The average Bonchev–Trinajstić information content (AvgIpc) is 3.25. The second-order valence-electron chi connectivity index (χ2n) is 7.89. The summed E-state index contributed by atoms with van der Waals surface area (Å²) >= 11 is 0. The van der Waals surface area contributed by atoms with Crippen LogP contribution in [0.2, 0.25) is 0 Å². The maximum absolute atomic E-state index is 5.60. The van der Waals surface area contributed by atoms with Crippen molar-refractivity contribution in [1.82, 2.24) is 20.4 Å². The Hall–Kier alpha value is -2.31. The molecule has 1 aromatic heterocycles. The molecule has 1 aromatic carbocycles. The van der Waals surface area contributed by atoms with Crippen LogP contribution >= 0.6 is 0 Å². The lowest BCUT2D eigenvalue weighted by molar-refractivity contribution is 0.198. The largest absolute Gasteiger partial charge is 0.468 e. The number of likely N-dealkylation sites (N-methyl/N-ethyl adjacent to an activating group) is 1. The quantitative estimate of drug-likeness (QED) is 0.530. The van der Waals surface area contributed by atoms with Crippen LogP contribution < -0.4 is 10.6 Å². The van der Waals surface area contributed by atoms with Crippen LogP contribution in [0.5, 0.6) is 0 Å². The molecular weight excluding hydrogens is 362 g/mol. The average molecular weight is 398 g/mol. The van der Waals surface area contributed by atoms with E-state index in [2.05, 4.69) is 71.8 Å². The number of hydrogen-bond donors (Lipinski definition) is 2. The van der Waals surface area contributed by atoms with E-state index in [9.17, 15) is 0 Å². The number of nitrogens with zero attached hydrogens (tertiary/aromatic N) is 3. The van der Waals surface area contributed by atoms with Crippen molar-refractivity contribution >= 4 is 5.96 Å². The van der Waals surface area contributed by atoms with E-state index in [1.54, 1.807) is 6.26 Å². The van der Waals surface area contributed by atoms with Gasteiger partial charge in [0, 0.05) is 32.2 Å². The summed E-state index contributed by atoms with van der Waals surface area (Å²) in [6, 6.07) is 15.3. The van der Waals surface area contributed by atoms with Crippen molar-refractivity contribution in [3.63, 3.8) is 0 Å². The standard InChI is InChI=1S/C23H35N5O/c1-4-24-23(25-17-21(27(2)3)22-11-8-16-29-22)26-20-12-14-28(15-13-20)18-19-9-6-5-7-10-19/h5-11,16,20-21H,4,12-15,17-18H2,1-3H3,(H2,24,25,26). The molecule has 2 heterocycles. The first-order valence-corrected chi connectivity index (χ1v) is 10.7. The molecule has 3 rings (SSSR count). The van der Waals surface area contributed by atoms with Gasteiger partial charge in [0.2, 0.25) is 0 Å². The minimum atomic E-state index is 0.133. The topological polar surface area (TPSA) is 56.0 Å². The van der Waals surface area contributed by atoms with Gasteiger partial charge in [-0.2, -0.15) is 0 Å². The summed E-state index contributed by atoms with van der Waals surface area (Å²) in [6.45, 7) is 6.87. The SMILES string of the molecule is CCNC(=NCC(c1ccco1)N(C)C)NC1CCN(Cc2ccccc2)CC1. The maximum atomic E-state index is 5.60. The summed E-state index contributed by atoms with van der Waals surface area (Å²) in [6.07, 6.45) is 3.99. The number of rotatable bonds is 8. The van der Waals surface area contributed by atoms with Gasteiger partial charge in [0.1, 0.15) is 5.76 Å². The van der Waals surface area contributed by atoms with E-state index in [1.165, 1.54) is 5.56 Å². The lowest BCUT2D eigenvalue weighted by Gasteiger charge is -2.33. The molecule has 158 valence electrons. The molecule has 29 heavy (non-hydrogen) atoms. The van der Waals surface area contributed by atoms with Crippen LogP contribution in [-0.2, 0) is 6.54 Å². The molecule has 0 radical (unpaired) electrons. The number of likely N-dealkylation sites (tertiary alicyclic amines) is 1. The first kappa shape index (κ1) is 21.4. The van der Waals surface area contributed by atoms with E-state index >= 15 is 0 Å². The summed E-state index contributed by atoms with van der Waals surface area (Å²) in [5.74, 6) is 1.84. The van der Waals surface area contributed by atoms with Gasteiger partial charge in [-0.1, -0.05) is 30.3 Å². The van der Waals surface area contributed by atoms with Crippen molar-refractivity contribution in [2.45, 2.75) is 38.4 Å². The Morgan fingerprint density at radius 3 is 2.55 bits per heavy atom. The number of piperidine rings is 1. The molecule has 2 N–H and O–H groups in total. The van der Waals surface area contributed by atoms with Crippen molar-refractivity contribution in [3.05, 3.63) is 60.1 Å². The zero-order valence-corrected chi connectivity index (χ0v) is 18.0. The van der Waals surface area contributed by atoms with Crippen LogP contribution in [0.15, 0.2) is 58.1 Å². The van der Waals surface area contributed by atoms with Crippen molar-refractivity contribution < 1.29 is 4.42 Å². The highest BCUT2D eigenvalue weighted by molar-refractivity contribution is 5.80. The van der Waals surface area contributed by atoms with E-state index in [0.29, 0.717) is 12.6 Å². The van der Waals surface area contributed by atoms with Gasteiger partial charge in [0.05, 0.1) is 18.8 Å². The van der Waals surface area contributed by atoms with E-state index < -0.39 is 0 Å². The van der Waals surface area contributed by atoms with Gasteiger partial charge < -0.3 is 15.1 Å². The predicted octanol–water partition coefficient (Wildman–Crippen LogP) is 3.10. The Balaban J connectivity index is 1.52. The first-order valence-electron chi connectivity index (χ1n) is 10.7. The summed E-state index contributed by atoms with van der Waals surface area (Å²) < 4.78 is 5.60. The summed E-state index contributed by atoms with van der Waals surface area (Å²) in [5, 5.41) is 7.04. The molecule has 2 aromatic rings. The molecular formula is C23H35N5O. The van der Waals surface area contributed by atoms with Crippen LogP contribution in [0.25, 0.3) is 0 Å². The molecule has 1 aliphatic heterocycles. The fourth-order valence-electron chi connectivity index (χ4n) is 3.76. The second kappa shape index (κ2) is 11.0. The van der Waals surface area contributed by atoms with Gasteiger partial charge in [0.15, 0.2) is 5.96 Å². The van der Waals surface area contributed by atoms with E-state index in [4.69, 9.17) is 9.41 Å². The first-order chi connectivity index (χ1) is 14.2. The maximum Gasteiger partial charge on any atom is 0.191 e. The predicted molar refractivity (Wildman–Crippen MR) is 119 cm³/mol. The fourth-order valence-corrected chi connectivity index (χ4v) is 3.76. The molecule has 0 spiro atoms. The molecule has 0 amide bonds. The molecule has 1 fully saturated rings. The third-order valence-corrected chi connectivity index (χ3v) is 5.44. The third-order valence-electron chi connectivity index (χ3n) is 5.44. The molecule has 0 bridgehead atoms. The summed E-state index contributed by atoms with van der Waals surface area (Å²) in [4.78, 5) is 9.54. The van der Waals surface area contributed by atoms with Gasteiger partial charge >= 0.3 is 0 Å². The van der Waals surface area contributed by atoms with Crippen LogP contribution in [0, 0.1) is 0 Å². The van der Waals surface area contributed by atoms with Crippen LogP contribution in [0.4, 0.5) is 0 Å². The van der Waals surface area contributed by atoms with Crippen molar-refractivity contribution in [1.29, 1.82) is 0 Å². The Morgan fingerprint density at radius 2 is 1.93 bits per heavy atom. The minimum Gasteiger partial charge on any atom is -0.468 e. The highest BCUT2D eigenvalue weighted by Gasteiger charge is 2.21. The van der Waals surface area contributed by atoms with Gasteiger partial charge in [-0.05, 0) is 51.6 Å². The Bertz CT molecular complexity index is 721. The highest BCUT2D eigenvalue weighted by Crippen LogP contribution is 2.19. The molecule has 1 unspecified atom stereocenters. The second-order valence-corrected chi connectivity index (χ2v) is 7.89. The van der Waals surface area contributed by atoms with Crippen molar-refractivity contribution in [2.24, 2.45) is 4.99 Å². The summed E-state index contributed by atoms with van der Waals surface area (Å²) in [7, 11) is 4.12. The lowest BCUT2D eigenvalue weighted by atomic mass is 10.0. The summed E-state index contributed by atoms with van der Waals surface area (Å²) in [5.41, 5.74) is 1.39. The lowest BCUT2D eigenvalue weighted by Crippen LogP contribution is -2.48. The van der Waals surface area contributed by atoms with Crippen molar-refractivity contribution in [2.75, 3.05) is 40.3 Å². The van der Waals surface area contributed by atoms with Gasteiger partial charge in [-0.3, -0.25) is 14.8 Å². The number of aliphatic imine (C=N–C) groups is 1. The zero-order chi connectivity index (χ0) is 20.5. The van der Waals surface area contributed by atoms with Crippen LogP contribution in [0.3, 0.4) is 0 Å². The number of furan rings is 1. The Kier molecular flexibility index (Phi) is 8.14. The van der Waals surface area contributed by atoms with E-state index in [1.807, 2.05) is 12.1 Å². The smallest absolute Gasteiger partial charge is 0.191 e. The van der Waals surface area contributed by atoms with Crippen LogP contribution in [-0.4, -0.2) is 62.1 Å². The van der Waals surface area contributed by atoms with Crippen molar-refractivity contribution in [3.8, 4) is 0 Å². The third kappa shape index (κ3) is 6.61. The monoisotopic (exact) mass is 397 g/mol. The molecule has 6 nitrogen and oxygen atoms in total. The number of benzene rings is 1. The van der Waals surface area contributed by atoms with Crippen LogP contribution in [0.1, 0.15) is 37.1 Å². The zero-order valence-electron chi connectivity index (χ0n) is 18.0. The van der Waals surface area contributed by atoms with Gasteiger partial charge in [-0.15, -0.1) is 0 Å². The molecule has 0 saturated carbocycles. The normalized spacial score (nSPS) is 17.4. The van der Waals surface area contributed by atoms with Gasteiger partial charge in [-0.25, -0.2) is 0 Å². The molecule has 1 saturated heterocycles. The van der Waals surface area contributed by atoms with E-state index in [0.717, 1.165) is 50.7 Å². The number of guanidine groups is 1. The minimum absolute atomic E-state index is 0.133. The van der Waals surface area contributed by atoms with E-state index in [-0.39, 0.29) is 6.04 Å².